The Bertz CT molecular complexity index is 936. The van der Waals surface area contributed by atoms with Crippen LogP contribution in [0.1, 0.15) is 39.0 Å². The average molecular weight is 415 g/mol. The number of esters is 1. The molecule has 0 bridgehead atoms. The molecule has 1 aromatic heterocycles. The number of carbonyl (C=O) groups is 1. The molecule has 162 valence electrons. The molecule has 1 aromatic carbocycles. The Morgan fingerprint density at radius 2 is 1.83 bits per heavy atom. The van der Waals surface area contributed by atoms with Crippen molar-refractivity contribution in [2.45, 2.75) is 39.0 Å². The Morgan fingerprint density at radius 3 is 2.43 bits per heavy atom. The third-order valence-corrected chi connectivity index (χ3v) is 6.26. The lowest BCUT2D eigenvalue weighted by molar-refractivity contribution is -0.157. The standard InChI is InChI=1S/C22H29N3O5/c1-4-30-20(27)22(13-14-5-6-14)7-9-25(10-8-22)21-23-16-12-18(29-3)17(28-2)11-15(16)19(26)24-21/h11-12,14H,4-10,13H2,1-3H3,(H,23,24,26). The van der Waals surface area contributed by atoms with Crippen molar-refractivity contribution < 1.29 is 24.1 Å². The third kappa shape index (κ3) is 3.82. The average Bonchev–Trinajstić information content (AvgIpc) is 3.57. The molecule has 1 aliphatic carbocycles. The molecule has 2 fully saturated rings. The van der Waals surface area contributed by atoms with Crippen molar-refractivity contribution >= 4 is 22.8 Å². The Balaban J connectivity index is 1.58. The van der Waals surface area contributed by atoms with Crippen LogP contribution in [-0.4, -0.2) is 55.0 Å². The molecule has 1 saturated carbocycles. The normalized spacial score (nSPS) is 18.3. The highest BCUT2D eigenvalue weighted by atomic mass is 16.5. The second kappa shape index (κ2) is 8.16. The van der Waals surface area contributed by atoms with E-state index in [1.807, 2.05) is 11.8 Å². The predicted octanol–water partition coefficient (Wildman–Crippen LogP) is 3.30. The van der Waals surface area contributed by atoms with Gasteiger partial charge in [-0.15, -0.1) is 0 Å². The summed E-state index contributed by atoms with van der Waals surface area (Å²) in [6.07, 6.45) is 4.73. The molecule has 8 nitrogen and oxygen atoms in total. The van der Waals surface area contributed by atoms with Gasteiger partial charge in [0, 0.05) is 19.2 Å². The highest BCUT2D eigenvalue weighted by molar-refractivity contribution is 5.87. The van der Waals surface area contributed by atoms with Gasteiger partial charge in [-0.3, -0.25) is 4.79 Å². The summed E-state index contributed by atoms with van der Waals surface area (Å²) in [4.78, 5) is 23.7. The van der Waals surface area contributed by atoms with Gasteiger partial charge >= 0.3 is 5.97 Å². The molecule has 0 amide bonds. The van der Waals surface area contributed by atoms with Crippen molar-refractivity contribution in [2.75, 3.05) is 38.8 Å². The van der Waals surface area contributed by atoms with Crippen LogP contribution in [0, 0.1) is 11.3 Å². The first kappa shape index (κ1) is 20.5. The molecule has 0 unspecified atom stereocenters. The van der Waals surface area contributed by atoms with Gasteiger partial charge in [0.15, 0.2) is 11.5 Å². The first-order valence-corrected chi connectivity index (χ1v) is 10.5. The fraction of sp³-hybridized carbons (Fsp3) is 0.591. The molecule has 0 radical (unpaired) electrons. The number of methoxy groups -OCH3 is 2. The molecule has 1 saturated heterocycles. The van der Waals surface area contributed by atoms with Crippen LogP contribution in [0.4, 0.5) is 5.95 Å². The number of aromatic nitrogens is 2. The van der Waals surface area contributed by atoms with Crippen molar-refractivity contribution in [3.05, 3.63) is 12.1 Å². The van der Waals surface area contributed by atoms with E-state index in [0.717, 1.165) is 6.42 Å². The minimum Gasteiger partial charge on any atom is -0.493 e. The molecule has 2 aromatic rings. The van der Waals surface area contributed by atoms with Crippen LogP contribution in [0.15, 0.2) is 12.1 Å². The maximum Gasteiger partial charge on any atom is 0.312 e. The highest BCUT2D eigenvalue weighted by Gasteiger charge is 2.46. The molecule has 1 aliphatic heterocycles. The number of fused-ring (bicyclic) bond motifs is 1. The summed E-state index contributed by atoms with van der Waals surface area (Å²) in [7, 11) is 3.10. The first-order valence-electron chi connectivity index (χ1n) is 10.5. The Morgan fingerprint density at radius 1 is 1.17 bits per heavy atom. The topological polar surface area (TPSA) is 94.0 Å². The van der Waals surface area contributed by atoms with E-state index in [0.29, 0.717) is 66.8 Å². The molecule has 8 heteroatoms. The van der Waals surface area contributed by atoms with Crippen LogP contribution in [0.2, 0.25) is 0 Å². The van der Waals surface area contributed by atoms with Gasteiger partial charge < -0.3 is 24.2 Å². The number of nitrogens with zero attached hydrogens (tertiary/aromatic N) is 3. The zero-order valence-corrected chi connectivity index (χ0v) is 17.8. The van der Waals surface area contributed by atoms with Crippen LogP contribution in [0.25, 0.3) is 10.9 Å². The zero-order chi connectivity index (χ0) is 21.3. The second-order valence-electron chi connectivity index (χ2n) is 8.21. The van der Waals surface area contributed by atoms with Gasteiger partial charge in [-0.05, 0) is 38.2 Å². The van der Waals surface area contributed by atoms with E-state index < -0.39 is 5.41 Å². The number of rotatable bonds is 7. The van der Waals surface area contributed by atoms with Crippen LogP contribution in [0.3, 0.4) is 0 Å². The van der Waals surface area contributed by atoms with Crippen molar-refractivity contribution in [2.24, 2.45) is 11.3 Å². The predicted molar refractivity (Wildman–Crippen MR) is 112 cm³/mol. The lowest BCUT2D eigenvalue weighted by Gasteiger charge is -2.40. The molecule has 1 N–H and O–H groups in total. The summed E-state index contributed by atoms with van der Waals surface area (Å²) in [6, 6.07) is 3.41. The zero-order valence-electron chi connectivity index (χ0n) is 17.8. The molecular weight excluding hydrogens is 386 g/mol. The summed E-state index contributed by atoms with van der Waals surface area (Å²) in [6.45, 7) is 3.54. The number of hydrogen-bond acceptors (Lipinski definition) is 8. The van der Waals surface area contributed by atoms with E-state index in [1.54, 1.807) is 26.4 Å². The minimum atomic E-state index is -0.414. The molecule has 0 spiro atoms. The summed E-state index contributed by atoms with van der Waals surface area (Å²) in [5.41, 5.74) is 0.166. The number of aromatic hydroxyl groups is 1. The van der Waals surface area contributed by atoms with Crippen molar-refractivity contribution in [3.63, 3.8) is 0 Å². The lowest BCUT2D eigenvalue weighted by atomic mass is 9.74. The monoisotopic (exact) mass is 415 g/mol. The fourth-order valence-electron chi connectivity index (χ4n) is 4.35. The lowest BCUT2D eigenvalue weighted by Crippen LogP contribution is -2.46. The highest BCUT2D eigenvalue weighted by Crippen LogP contribution is 2.47. The van der Waals surface area contributed by atoms with Crippen LogP contribution >= 0.6 is 0 Å². The number of anilines is 1. The van der Waals surface area contributed by atoms with Gasteiger partial charge in [-0.1, -0.05) is 12.8 Å². The summed E-state index contributed by atoms with van der Waals surface area (Å²) >= 11 is 0. The van der Waals surface area contributed by atoms with Crippen LogP contribution in [0.5, 0.6) is 17.4 Å². The van der Waals surface area contributed by atoms with Gasteiger partial charge in [0.1, 0.15) is 0 Å². The van der Waals surface area contributed by atoms with Crippen molar-refractivity contribution in [1.82, 2.24) is 9.97 Å². The smallest absolute Gasteiger partial charge is 0.312 e. The second-order valence-corrected chi connectivity index (χ2v) is 8.21. The molecular formula is C22H29N3O5. The quantitative estimate of drug-likeness (QED) is 0.689. The maximum absolute atomic E-state index is 12.7. The van der Waals surface area contributed by atoms with Crippen molar-refractivity contribution in [3.8, 4) is 17.4 Å². The summed E-state index contributed by atoms with van der Waals surface area (Å²) in [5, 5.41) is 11.0. The van der Waals surface area contributed by atoms with Gasteiger partial charge in [0.05, 0.1) is 37.1 Å². The molecule has 2 aliphatic rings. The molecule has 2 heterocycles. The largest absolute Gasteiger partial charge is 0.493 e. The summed E-state index contributed by atoms with van der Waals surface area (Å²) in [5.74, 6) is 1.97. The van der Waals surface area contributed by atoms with E-state index in [-0.39, 0.29) is 11.8 Å². The Labute approximate surface area is 176 Å². The Hall–Kier alpha value is -2.77. The van der Waals surface area contributed by atoms with Crippen molar-refractivity contribution in [1.29, 1.82) is 0 Å². The maximum atomic E-state index is 12.7. The van der Waals surface area contributed by atoms with E-state index in [2.05, 4.69) is 9.97 Å². The van der Waals surface area contributed by atoms with E-state index in [9.17, 15) is 9.90 Å². The van der Waals surface area contributed by atoms with E-state index in [4.69, 9.17) is 14.2 Å². The SMILES string of the molecule is CCOC(=O)C1(CC2CC2)CCN(c2nc(O)c3cc(OC)c(OC)cc3n2)CC1. The number of carbonyl (C=O) groups excluding carboxylic acids is 1. The molecule has 0 atom stereocenters. The van der Waals surface area contributed by atoms with E-state index >= 15 is 0 Å². The van der Waals surface area contributed by atoms with E-state index in [1.165, 1.54) is 12.8 Å². The van der Waals surface area contributed by atoms with Crippen LogP contribution in [-0.2, 0) is 9.53 Å². The van der Waals surface area contributed by atoms with Gasteiger partial charge in [-0.2, -0.15) is 4.98 Å². The number of benzene rings is 1. The number of ether oxygens (including phenoxy) is 3. The van der Waals surface area contributed by atoms with Gasteiger partial charge in [0.2, 0.25) is 11.8 Å². The van der Waals surface area contributed by atoms with Crippen LogP contribution < -0.4 is 14.4 Å². The molecule has 4 rings (SSSR count). The van der Waals surface area contributed by atoms with Gasteiger partial charge in [0.25, 0.3) is 0 Å². The fourth-order valence-corrected chi connectivity index (χ4v) is 4.35. The van der Waals surface area contributed by atoms with Gasteiger partial charge in [-0.25, -0.2) is 4.98 Å². The third-order valence-electron chi connectivity index (χ3n) is 6.26. The minimum absolute atomic E-state index is 0.0735. The first-order chi connectivity index (χ1) is 14.5. The molecule has 30 heavy (non-hydrogen) atoms. The Kier molecular flexibility index (Phi) is 5.58. The number of hydrogen-bond donors (Lipinski definition) is 1. The summed E-state index contributed by atoms with van der Waals surface area (Å²) < 4.78 is 16.1. The number of piperidine rings is 1.